The van der Waals surface area contributed by atoms with E-state index in [1.807, 2.05) is 0 Å². The summed E-state index contributed by atoms with van der Waals surface area (Å²) < 4.78 is 0. The van der Waals surface area contributed by atoms with E-state index in [-0.39, 0.29) is 5.50 Å². The topological polar surface area (TPSA) is 20.2 Å². The van der Waals surface area contributed by atoms with E-state index in [4.69, 9.17) is 0 Å². The molecule has 3 heterocycles. The summed E-state index contributed by atoms with van der Waals surface area (Å²) >= 11 is 0. The first-order chi connectivity index (χ1) is 6.99. The number of rotatable bonds is 0. The van der Waals surface area contributed by atoms with E-state index in [1.54, 1.807) is 0 Å². The van der Waals surface area contributed by atoms with Crippen molar-refractivity contribution < 1.29 is 5.11 Å². The van der Waals surface area contributed by atoms with E-state index in [2.05, 4.69) is 13.8 Å². The van der Waals surface area contributed by atoms with Crippen molar-refractivity contribution in [3.05, 3.63) is 0 Å². The Labute approximate surface area is 93.7 Å². The third kappa shape index (κ3) is 1.20. The van der Waals surface area contributed by atoms with Gasteiger partial charge in [-0.25, -0.2) is 0 Å². The van der Waals surface area contributed by atoms with Gasteiger partial charge in [0.05, 0.1) is 0 Å². The maximum Gasteiger partial charge on any atom is 0.191 e. The van der Waals surface area contributed by atoms with Gasteiger partial charge >= 0.3 is 0 Å². The highest BCUT2D eigenvalue weighted by molar-refractivity contribution is 6.69. The molecule has 0 aromatic heterocycles. The van der Waals surface area contributed by atoms with Gasteiger partial charge in [-0.2, -0.15) is 0 Å². The van der Waals surface area contributed by atoms with Gasteiger partial charge in [0.15, 0.2) is 6.71 Å². The van der Waals surface area contributed by atoms with Crippen LogP contribution in [0, 0.1) is 0 Å². The van der Waals surface area contributed by atoms with Crippen LogP contribution in [-0.4, -0.2) is 17.3 Å². The Morgan fingerprint density at radius 1 is 0.800 bits per heavy atom. The van der Waals surface area contributed by atoms with E-state index in [0.29, 0.717) is 17.3 Å². The van der Waals surface area contributed by atoms with Crippen LogP contribution < -0.4 is 0 Å². The van der Waals surface area contributed by atoms with Crippen LogP contribution in [0.3, 0.4) is 0 Å². The third-order valence-corrected chi connectivity index (χ3v) is 5.91. The first kappa shape index (κ1) is 10.2. The van der Waals surface area contributed by atoms with Crippen LogP contribution in [0.1, 0.15) is 65.2 Å². The molecular weight excluding hydrogens is 183 g/mol. The summed E-state index contributed by atoms with van der Waals surface area (Å²) in [6.07, 6.45) is 10.1. The summed E-state index contributed by atoms with van der Waals surface area (Å²) in [5, 5.41) is 11.8. The molecule has 0 saturated carbocycles. The number of hydrogen-bond donors (Lipinski definition) is 1. The van der Waals surface area contributed by atoms with Gasteiger partial charge in [-0.3, -0.25) is 0 Å². The molecule has 1 nitrogen and oxygen atoms in total. The Morgan fingerprint density at radius 3 is 2.00 bits per heavy atom. The third-order valence-electron chi connectivity index (χ3n) is 5.91. The lowest BCUT2D eigenvalue weighted by Gasteiger charge is -2.54. The van der Waals surface area contributed by atoms with Gasteiger partial charge in [0.1, 0.15) is 0 Å². The zero-order valence-electron chi connectivity index (χ0n) is 10.2. The lowest BCUT2D eigenvalue weighted by Crippen LogP contribution is -2.57. The molecule has 3 fully saturated rings. The van der Waals surface area contributed by atoms with Gasteiger partial charge in [0.2, 0.25) is 0 Å². The first-order valence-electron chi connectivity index (χ1n) is 6.71. The molecule has 0 radical (unpaired) electrons. The predicted octanol–water partition coefficient (Wildman–Crippen LogP) is 3.43. The molecule has 3 unspecified atom stereocenters. The van der Waals surface area contributed by atoms with Gasteiger partial charge in [-0.05, 0) is 23.5 Å². The van der Waals surface area contributed by atoms with Gasteiger partial charge in [0.25, 0.3) is 0 Å². The van der Waals surface area contributed by atoms with Crippen molar-refractivity contribution in [2.75, 3.05) is 0 Å². The second kappa shape index (κ2) is 2.82. The maximum absolute atomic E-state index is 10.8. The summed E-state index contributed by atoms with van der Waals surface area (Å²) in [6, 6.07) is 0. The summed E-state index contributed by atoms with van der Waals surface area (Å²) in [7, 11) is 0. The van der Waals surface area contributed by atoms with Gasteiger partial charge in [-0.1, -0.05) is 52.4 Å². The average Bonchev–Trinajstić information content (AvgIpc) is 2.41. The molecule has 84 valence electrons. The molecule has 3 atom stereocenters. The van der Waals surface area contributed by atoms with Gasteiger partial charge in [-0.15, -0.1) is 0 Å². The summed E-state index contributed by atoms with van der Waals surface area (Å²) in [5.41, 5.74) is -0.290. The van der Waals surface area contributed by atoms with Crippen LogP contribution >= 0.6 is 0 Å². The van der Waals surface area contributed by atoms with Crippen LogP contribution in [0.5, 0.6) is 0 Å². The molecule has 0 aliphatic carbocycles. The van der Waals surface area contributed by atoms with Crippen molar-refractivity contribution >= 4 is 6.71 Å². The quantitative estimate of drug-likeness (QED) is 0.602. The lowest BCUT2D eigenvalue weighted by atomic mass is 9.14. The van der Waals surface area contributed by atoms with Crippen LogP contribution in [0.15, 0.2) is 0 Å². The van der Waals surface area contributed by atoms with Crippen LogP contribution in [0.4, 0.5) is 0 Å². The zero-order chi connectivity index (χ0) is 10.7. The largest absolute Gasteiger partial charge is 0.398 e. The van der Waals surface area contributed by atoms with Crippen molar-refractivity contribution in [1.29, 1.82) is 0 Å². The molecule has 0 aromatic rings. The van der Waals surface area contributed by atoms with Gasteiger partial charge in [0, 0.05) is 5.50 Å². The molecule has 15 heavy (non-hydrogen) atoms. The lowest BCUT2D eigenvalue weighted by molar-refractivity contribution is 0.0889. The van der Waals surface area contributed by atoms with Crippen molar-refractivity contribution in [2.45, 2.75) is 81.3 Å². The molecule has 2 heteroatoms. The minimum absolute atomic E-state index is 0.290. The average molecular weight is 206 g/mol. The molecule has 0 spiro atoms. The van der Waals surface area contributed by atoms with Crippen molar-refractivity contribution in [1.82, 2.24) is 0 Å². The Bertz CT molecular complexity index is 266. The summed E-state index contributed by atoms with van der Waals surface area (Å²) in [6.45, 7) is 5.49. The van der Waals surface area contributed by atoms with E-state index >= 15 is 0 Å². The Morgan fingerprint density at radius 2 is 1.33 bits per heavy atom. The Kier molecular flexibility index (Phi) is 1.92. The molecule has 0 amide bonds. The molecule has 0 bridgehead atoms. The normalized spacial score (nSPS) is 54.2. The Balaban J connectivity index is 2.05. The standard InChI is InChI=1S/C13H23BO/c1-11-5-3-6-12(2)9-10-13(15,14(11)12)8-4-7-11/h15H,3-10H2,1-2H3. The first-order valence-corrected chi connectivity index (χ1v) is 6.71. The second-order valence-corrected chi connectivity index (χ2v) is 7.05. The van der Waals surface area contributed by atoms with Gasteiger partial charge < -0.3 is 5.11 Å². The number of hydrogen-bond acceptors (Lipinski definition) is 1. The van der Waals surface area contributed by atoms with Crippen LogP contribution in [0.2, 0.25) is 10.6 Å². The van der Waals surface area contributed by atoms with E-state index in [9.17, 15) is 5.11 Å². The molecule has 1 N–H and O–H groups in total. The molecular formula is C13H23BO. The monoisotopic (exact) mass is 206 g/mol. The SMILES string of the molecule is CC12CCCC3(C)CCC(O)(CCC1)B23. The number of aliphatic hydroxyl groups is 1. The van der Waals surface area contributed by atoms with E-state index < -0.39 is 0 Å². The predicted molar refractivity (Wildman–Crippen MR) is 64.4 cm³/mol. The van der Waals surface area contributed by atoms with Crippen molar-refractivity contribution in [2.24, 2.45) is 0 Å². The minimum Gasteiger partial charge on any atom is -0.398 e. The molecule has 3 aliphatic rings. The fourth-order valence-electron chi connectivity index (χ4n) is 5.58. The minimum atomic E-state index is -0.290. The molecule has 0 aromatic carbocycles. The van der Waals surface area contributed by atoms with E-state index in [1.165, 1.54) is 38.5 Å². The molecule has 3 rings (SSSR count). The van der Waals surface area contributed by atoms with Crippen molar-refractivity contribution in [3.8, 4) is 0 Å². The van der Waals surface area contributed by atoms with Crippen molar-refractivity contribution in [3.63, 3.8) is 0 Å². The zero-order valence-corrected chi connectivity index (χ0v) is 10.2. The second-order valence-electron chi connectivity index (χ2n) is 7.05. The maximum atomic E-state index is 10.8. The van der Waals surface area contributed by atoms with E-state index in [0.717, 1.165) is 12.8 Å². The Hall–Kier alpha value is 0.0249. The van der Waals surface area contributed by atoms with Crippen LogP contribution in [0.25, 0.3) is 0 Å². The smallest absolute Gasteiger partial charge is 0.191 e. The molecule has 3 aliphatic heterocycles. The summed E-state index contributed by atoms with van der Waals surface area (Å²) in [4.78, 5) is 0. The fraction of sp³-hybridized carbons (Fsp3) is 1.00. The highest BCUT2D eigenvalue weighted by Crippen LogP contribution is 2.68. The highest BCUT2D eigenvalue weighted by atomic mass is 16.3. The summed E-state index contributed by atoms with van der Waals surface area (Å²) in [5.74, 6) is 0. The molecule has 3 saturated heterocycles. The highest BCUT2D eigenvalue weighted by Gasteiger charge is 2.65. The van der Waals surface area contributed by atoms with Crippen LogP contribution in [-0.2, 0) is 0 Å². The fourth-order valence-corrected chi connectivity index (χ4v) is 5.58.